The van der Waals surface area contributed by atoms with E-state index in [4.69, 9.17) is 0 Å². The van der Waals surface area contributed by atoms with Crippen LogP contribution in [0, 0.1) is 118 Å². The zero-order valence-electron chi connectivity index (χ0n) is 61.6. The molecule has 96 heavy (non-hydrogen) atoms. The third-order valence-electron chi connectivity index (χ3n) is 20.2. The summed E-state index contributed by atoms with van der Waals surface area (Å²) in [6, 6.07) is 69.5. The van der Waals surface area contributed by atoms with Gasteiger partial charge >= 0.3 is 6.18 Å². The van der Waals surface area contributed by atoms with Gasteiger partial charge in [0.2, 0.25) is 0 Å². The summed E-state index contributed by atoms with van der Waals surface area (Å²) in [6.45, 7) is 50.7. The van der Waals surface area contributed by atoms with Gasteiger partial charge < -0.3 is 4.90 Å². The van der Waals surface area contributed by atoms with Gasteiger partial charge in [0.1, 0.15) is 0 Å². The first-order valence-electron chi connectivity index (χ1n) is 33.9. The van der Waals surface area contributed by atoms with Crippen molar-refractivity contribution < 1.29 is 13.2 Å². The van der Waals surface area contributed by atoms with E-state index in [-0.39, 0.29) is 10.8 Å². The van der Waals surface area contributed by atoms with Gasteiger partial charge in [-0.1, -0.05) is 175 Å². The lowest BCUT2D eigenvalue weighted by Crippen LogP contribution is -2.10. The Hall–Kier alpha value is -8.99. The number of rotatable bonds is 8. The topological polar surface area (TPSA) is 3.24 Å². The van der Waals surface area contributed by atoms with E-state index in [9.17, 15) is 13.2 Å². The quantitative estimate of drug-likeness (QED) is 0.147. The highest BCUT2D eigenvalue weighted by Crippen LogP contribution is 2.40. The highest BCUT2D eigenvalue weighted by Gasteiger charge is 2.30. The van der Waals surface area contributed by atoms with E-state index in [1.54, 1.807) is 0 Å². The van der Waals surface area contributed by atoms with Gasteiger partial charge in [0.25, 0.3) is 0 Å². The largest absolute Gasteiger partial charge is 0.416 e. The summed E-state index contributed by atoms with van der Waals surface area (Å²) in [7, 11) is 0. The van der Waals surface area contributed by atoms with Crippen molar-refractivity contribution in [3.05, 3.63) is 311 Å². The molecule has 0 heterocycles. The Morgan fingerprint density at radius 2 is 0.458 bits per heavy atom. The molecular weight excluding hydrogens is 1180 g/mol. The van der Waals surface area contributed by atoms with Crippen LogP contribution in [0.2, 0.25) is 0 Å². The molecule has 0 unspecified atom stereocenters. The smallest absolute Gasteiger partial charge is 0.310 e. The number of hydrogen-bond donors (Lipinski definition) is 0. The van der Waals surface area contributed by atoms with Crippen molar-refractivity contribution in [3.8, 4) is 55.6 Å². The second kappa shape index (κ2) is 30.0. The second-order valence-corrected chi connectivity index (χ2v) is 28.9. The zero-order valence-corrected chi connectivity index (χ0v) is 61.6. The van der Waals surface area contributed by atoms with Gasteiger partial charge in [-0.25, -0.2) is 0 Å². The molecule has 11 aromatic rings. The molecule has 0 aromatic heterocycles. The Morgan fingerprint density at radius 1 is 0.219 bits per heavy atom. The lowest BCUT2D eigenvalue weighted by atomic mass is 9.85. The van der Waals surface area contributed by atoms with Crippen LogP contribution in [0.25, 0.3) is 55.6 Å². The van der Waals surface area contributed by atoms with Crippen LogP contribution in [0.4, 0.5) is 30.2 Å². The third kappa shape index (κ3) is 17.2. The van der Waals surface area contributed by atoms with Gasteiger partial charge in [-0.2, -0.15) is 13.2 Å². The molecule has 0 bridgehead atoms. The number of hydrogen-bond acceptors (Lipinski definition) is 1. The molecule has 0 radical (unpaired) electrons. The van der Waals surface area contributed by atoms with Gasteiger partial charge in [-0.05, 0) is 357 Å². The molecule has 4 heteroatoms. The number of aryl methyl sites for hydroxylation is 8. The zero-order chi connectivity index (χ0) is 70.5. The van der Waals surface area contributed by atoms with E-state index < -0.39 is 11.7 Å². The fourth-order valence-electron chi connectivity index (χ4n) is 12.6. The number of anilines is 3. The van der Waals surface area contributed by atoms with Crippen molar-refractivity contribution >= 4 is 17.1 Å². The Balaban J connectivity index is 0.000000170. The molecule has 0 saturated carbocycles. The average molecular weight is 1280 g/mol. The molecule has 0 atom stereocenters. The van der Waals surface area contributed by atoms with E-state index in [2.05, 4.69) is 307 Å². The fourth-order valence-corrected chi connectivity index (χ4v) is 12.6. The maximum atomic E-state index is 12.5. The Labute approximate surface area is 575 Å². The van der Waals surface area contributed by atoms with Crippen LogP contribution in [-0.4, -0.2) is 0 Å². The summed E-state index contributed by atoms with van der Waals surface area (Å²) in [5.74, 6) is 0. The van der Waals surface area contributed by atoms with Crippen molar-refractivity contribution in [2.24, 2.45) is 0 Å². The standard InChI is InChI=1S/C35H40.C21H21N.C20H26.C16H15F3/c1-23-18-28(19-24(2)25(23)3)31-21-29(26-10-14-32(15-11-26)34(4,5)6)20-30(22-31)27-12-16-33(17-13-27)35(7,8)9;1-16-14-21(15-17(2)18(16)3)22(19-10-6-4-7-11-19)20-12-8-5-9-13-20;1-11-9-19(10-12(2)13(11)3)20-17(7)15(5)14(4)16(6)18(20)8;1-10-8-14(9-11(2)12(10)3)13-4-6-15(7-5-13)16(17,18)19/h10-22H,1-9H3;4-15H,1-3H3;9-10H,1-8H3;4-9H,1-3H3. The predicted molar refractivity (Wildman–Crippen MR) is 411 cm³/mol. The molecule has 0 aliphatic heterocycles. The van der Waals surface area contributed by atoms with Crippen molar-refractivity contribution in [1.29, 1.82) is 0 Å². The summed E-state index contributed by atoms with van der Waals surface area (Å²) in [4.78, 5) is 2.30. The van der Waals surface area contributed by atoms with Crippen LogP contribution < -0.4 is 4.90 Å². The Morgan fingerprint density at radius 3 is 0.750 bits per heavy atom. The number of nitrogens with zero attached hydrogens (tertiary/aromatic N) is 1. The number of halogens is 3. The summed E-state index contributed by atoms with van der Waals surface area (Å²) in [6.07, 6.45) is -4.28. The van der Waals surface area contributed by atoms with Crippen molar-refractivity contribution in [2.75, 3.05) is 4.90 Å². The predicted octanol–water partition coefficient (Wildman–Crippen LogP) is 27.4. The minimum absolute atomic E-state index is 0.150. The number of benzene rings is 11. The van der Waals surface area contributed by atoms with Crippen LogP contribution in [0.3, 0.4) is 0 Å². The summed E-state index contributed by atoms with van der Waals surface area (Å²) in [5.41, 5.74) is 41.0. The molecule has 0 spiro atoms. The molecule has 496 valence electrons. The van der Waals surface area contributed by atoms with Crippen LogP contribution in [-0.2, 0) is 17.0 Å². The SMILES string of the molecule is Cc1cc(-c2c(C)c(C)c(C)c(C)c2C)cc(C)c1C.Cc1cc(-c2cc(-c3ccc(C(C)(C)C)cc3)cc(-c3ccc(C(C)(C)C)cc3)c2)cc(C)c1C.Cc1cc(-c2ccc(C(F)(F)F)cc2)cc(C)c1C.Cc1cc(N(c2ccccc2)c2ccccc2)cc(C)c1C. The highest BCUT2D eigenvalue weighted by molar-refractivity contribution is 5.83. The van der Waals surface area contributed by atoms with E-state index in [0.717, 1.165) is 34.4 Å². The van der Waals surface area contributed by atoms with Crippen LogP contribution >= 0.6 is 0 Å². The molecular formula is C92H102F3N. The van der Waals surface area contributed by atoms with Gasteiger partial charge in [0.05, 0.1) is 5.56 Å². The first-order chi connectivity index (χ1) is 45.0. The monoisotopic (exact) mass is 1280 g/mol. The van der Waals surface area contributed by atoms with E-state index in [1.807, 2.05) is 32.9 Å². The molecule has 0 fully saturated rings. The molecule has 11 aromatic carbocycles. The van der Waals surface area contributed by atoms with Gasteiger partial charge in [0, 0.05) is 17.1 Å². The molecule has 0 aliphatic rings. The van der Waals surface area contributed by atoms with Gasteiger partial charge in [-0.15, -0.1) is 0 Å². The molecule has 0 saturated heterocycles. The minimum Gasteiger partial charge on any atom is -0.310 e. The first-order valence-corrected chi connectivity index (χ1v) is 33.9. The summed E-state index contributed by atoms with van der Waals surface area (Å²) in [5, 5.41) is 0. The number of alkyl halides is 3. The average Bonchev–Trinajstić information content (AvgIpc) is 0.801. The van der Waals surface area contributed by atoms with E-state index in [1.165, 1.54) is 168 Å². The number of para-hydroxylation sites is 2. The van der Waals surface area contributed by atoms with Gasteiger partial charge in [-0.3, -0.25) is 0 Å². The normalized spacial score (nSPS) is 11.4. The lowest BCUT2D eigenvalue weighted by molar-refractivity contribution is -0.137. The van der Waals surface area contributed by atoms with E-state index in [0.29, 0.717) is 0 Å². The first kappa shape index (κ1) is 72.8. The van der Waals surface area contributed by atoms with Crippen LogP contribution in [0.15, 0.2) is 200 Å². The lowest BCUT2D eigenvalue weighted by Gasteiger charge is -2.26. The Bertz CT molecular complexity index is 4290. The summed E-state index contributed by atoms with van der Waals surface area (Å²) >= 11 is 0. The molecule has 1 nitrogen and oxygen atoms in total. The third-order valence-corrected chi connectivity index (χ3v) is 20.2. The van der Waals surface area contributed by atoms with Crippen molar-refractivity contribution in [1.82, 2.24) is 0 Å². The second-order valence-electron chi connectivity index (χ2n) is 28.9. The molecule has 0 N–H and O–H groups in total. The van der Waals surface area contributed by atoms with Crippen molar-refractivity contribution in [2.45, 2.75) is 176 Å². The fraction of sp³-hybridized carbons (Fsp3) is 0.283. The highest BCUT2D eigenvalue weighted by atomic mass is 19.4. The molecule has 11 rings (SSSR count). The molecule has 0 aliphatic carbocycles. The van der Waals surface area contributed by atoms with Crippen LogP contribution in [0.5, 0.6) is 0 Å². The summed E-state index contributed by atoms with van der Waals surface area (Å²) < 4.78 is 37.5. The van der Waals surface area contributed by atoms with Crippen molar-refractivity contribution in [3.63, 3.8) is 0 Å². The minimum atomic E-state index is -4.28. The van der Waals surface area contributed by atoms with E-state index >= 15 is 0 Å². The van der Waals surface area contributed by atoms with Crippen LogP contribution in [0.1, 0.15) is 153 Å². The molecule has 0 amide bonds. The van der Waals surface area contributed by atoms with Gasteiger partial charge in [0.15, 0.2) is 0 Å². The maximum absolute atomic E-state index is 12.5. The Kier molecular flexibility index (Phi) is 22.7. The maximum Gasteiger partial charge on any atom is 0.416 e.